The molecule has 6 heteroatoms. The molecule has 138 valence electrons. The lowest BCUT2D eigenvalue weighted by molar-refractivity contribution is 0.0721. The van der Waals surface area contributed by atoms with Crippen molar-refractivity contribution < 1.29 is 4.79 Å². The van der Waals surface area contributed by atoms with Crippen molar-refractivity contribution >= 4 is 17.5 Å². The number of nitrogens with zero attached hydrogens (tertiary/aromatic N) is 4. The van der Waals surface area contributed by atoms with E-state index < -0.39 is 0 Å². The summed E-state index contributed by atoms with van der Waals surface area (Å²) < 4.78 is 1.63. The lowest BCUT2D eigenvalue weighted by Crippen LogP contribution is -2.32. The molecule has 1 amide bonds. The van der Waals surface area contributed by atoms with E-state index in [-0.39, 0.29) is 11.9 Å². The molecule has 0 spiro atoms. The minimum Gasteiger partial charge on any atom is -0.329 e. The molecule has 3 heterocycles. The summed E-state index contributed by atoms with van der Waals surface area (Å²) in [5.41, 5.74) is 3.72. The molecule has 1 aliphatic heterocycles. The van der Waals surface area contributed by atoms with Gasteiger partial charge in [-0.3, -0.25) is 14.5 Å². The number of amides is 1. The van der Waals surface area contributed by atoms with Crippen LogP contribution >= 0.6 is 11.6 Å². The number of halogens is 1. The van der Waals surface area contributed by atoms with E-state index in [1.807, 2.05) is 47.4 Å². The van der Waals surface area contributed by atoms with Crippen molar-refractivity contribution in [2.75, 3.05) is 6.54 Å². The van der Waals surface area contributed by atoms with Crippen molar-refractivity contribution in [3.8, 4) is 0 Å². The number of carbonyl (C=O) groups is 1. The molecule has 0 unspecified atom stereocenters. The van der Waals surface area contributed by atoms with Gasteiger partial charge < -0.3 is 4.90 Å². The van der Waals surface area contributed by atoms with Gasteiger partial charge in [0.05, 0.1) is 11.7 Å². The molecule has 1 fully saturated rings. The minimum atomic E-state index is 0.0116. The van der Waals surface area contributed by atoms with Gasteiger partial charge in [-0.1, -0.05) is 29.8 Å². The second-order valence-corrected chi connectivity index (χ2v) is 7.29. The van der Waals surface area contributed by atoms with Crippen LogP contribution in [0.2, 0.25) is 5.02 Å². The Morgan fingerprint density at radius 2 is 2.00 bits per heavy atom. The first-order valence-electron chi connectivity index (χ1n) is 9.11. The van der Waals surface area contributed by atoms with Crippen molar-refractivity contribution in [3.63, 3.8) is 0 Å². The number of aromatic nitrogens is 3. The van der Waals surface area contributed by atoms with E-state index in [2.05, 4.69) is 5.10 Å². The molecule has 27 heavy (non-hydrogen) atoms. The molecular formula is C21H21ClN4O. The zero-order valence-electron chi connectivity index (χ0n) is 15.2. The number of aryl methyl sites for hydroxylation is 1. The fraction of sp³-hybridized carbons (Fsp3) is 0.286. The molecule has 0 saturated carbocycles. The second kappa shape index (κ2) is 7.53. The monoisotopic (exact) mass is 380 g/mol. The highest BCUT2D eigenvalue weighted by molar-refractivity contribution is 6.30. The van der Waals surface area contributed by atoms with Crippen LogP contribution in [-0.4, -0.2) is 32.1 Å². The third kappa shape index (κ3) is 3.74. The summed E-state index contributed by atoms with van der Waals surface area (Å²) in [6, 6.07) is 15.7. The van der Waals surface area contributed by atoms with E-state index in [1.165, 1.54) is 5.56 Å². The van der Waals surface area contributed by atoms with Gasteiger partial charge in [0.25, 0.3) is 5.91 Å². The summed E-state index contributed by atoms with van der Waals surface area (Å²) >= 11 is 5.97. The lowest BCUT2D eigenvalue weighted by atomic mass is 10.1. The molecule has 0 aliphatic carbocycles. The number of rotatable bonds is 4. The van der Waals surface area contributed by atoms with Crippen LogP contribution in [0.25, 0.3) is 0 Å². The van der Waals surface area contributed by atoms with Crippen LogP contribution in [0.5, 0.6) is 0 Å². The van der Waals surface area contributed by atoms with Crippen molar-refractivity contribution in [1.29, 1.82) is 0 Å². The van der Waals surface area contributed by atoms with Gasteiger partial charge in [-0.05, 0) is 48.7 Å². The highest BCUT2D eigenvalue weighted by atomic mass is 35.5. The zero-order valence-corrected chi connectivity index (χ0v) is 15.9. The van der Waals surface area contributed by atoms with Gasteiger partial charge in [0.1, 0.15) is 5.69 Å². The Kier molecular flexibility index (Phi) is 4.94. The molecule has 2 aromatic heterocycles. The maximum Gasteiger partial charge on any atom is 0.272 e. The van der Waals surface area contributed by atoms with Crippen LogP contribution in [0.1, 0.15) is 46.3 Å². The third-order valence-corrected chi connectivity index (χ3v) is 5.27. The minimum absolute atomic E-state index is 0.0116. The summed E-state index contributed by atoms with van der Waals surface area (Å²) in [6.45, 7) is 0.748. The first-order chi connectivity index (χ1) is 13.1. The fourth-order valence-electron chi connectivity index (χ4n) is 3.64. The smallest absolute Gasteiger partial charge is 0.272 e. The molecule has 0 bridgehead atoms. The van der Waals surface area contributed by atoms with Crippen LogP contribution in [0.15, 0.2) is 54.7 Å². The Labute approximate surface area is 163 Å². The Hall–Kier alpha value is -2.66. The summed E-state index contributed by atoms with van der Waals surface area (Å²) in [7, 11) is 1.79. The van der Waals surface area contributed by atoms with E-state index >= 15 is 0 Å². The van der Waals surface area contributed by atoms with Crippen LogP contribution in [-0.2, 0) is 13.5 Å². The molecule has 0 N–H and O–H groups in total. The van der Waals surface area contributed by atoms with Gasteiger partial charge in [-0.2, -0.15) is 5.10 Å². The summed E-state index contributed by atoms with van der Waals surface area (Å²) in [4.78, 5) is 19.7. The van der Waals surface area contributed by atoms with Crippen molar-refractivity contribution in [2.24, 2.45) is 7.05 Å². The molecule has 1 aliphatic rings. The molecule has 5 nitrogen and oxygen atoms in total. The van der Waals surface area contributed by atoms with Gasteiger partial charge in [0.2, 0.25) is 0 Å². The van der Waals surface area contributed by atoms with Crippen LogP contribution in [0.4, 0.5) is 0 Å². The Balaban J connectivity index is 1.56. The molecule has 4 rings (SSSR count). The van der Waals surface area contributed by atoms with Crippen molar-refractivity contribution in [2.45, 2.75) is 25.3 Å². The maximum absolute atomic E-state index is 12.9. The first-order valence-corrected chi connectivity index (χ1v) is 9.49. The largest absolute Gasteiger partial charge is 0.329 e. The quantitative estimate of drug-likeness (QED) is 0.686. The molecule has 1 aromatic carbocycles. The van der Waals surface area contributed by atoms with Gasteiger partial charge in [0.15, 0.2) is 0 Å². The van der Waals surface area contributed by atoms with E-state index in [9.17, 15) is 4.79 Å². The Morgan fingerprint density at radius 1 is 1.19 bits per heavy atom. The lowest BCUT2D eigenvalue weighted by Gasteiger charge is -2.24. The first kappa shape index (κ1) is 17.7. The molecule has 1 saturated heterocycles. The fourth-order valence-corrected chi connectivity index (χ4v) is 3.77. The predicted octanol–water partition coefficient (Wildman–Crippen LogP) is 4.04. The highest BCUT2D eigenvalue weighted by Gasteiger charge is 2.32. The topological polar surface area (TPSA) is 51.0 Å². The average Bonchev–Trinajstić information content (AvgIpc) is 3.32. The number of likely N-dealkylation sites (tertiary alicyclic amines) is 1. The van der Waals surface area contributed by atoms with E-state index in [0.29, 0.717) is 5.69 Å². The third-order valence-electron chi connectivity index (χ3n) is 5.02. The Bertz CT molecular complexity index is 951. The molecule has 1 atom stereocenters. The van der Waals surface area contributed by atoms with Gasteiger partial charge in [-0.25, -0.2) is 0 Å². The van der Waals surface area contributed by atoms with E-state index in [0.717, 1.165) is 42.2 Å². The molecule has 0 radical (unpaired) electrons. The van der Waals surface area contributed by atoms with Crippen LogP contribution < -0.4 is 0 Å². The van der Waals surface area contributed by atoms with E-state index in [1.54, 1.807) is 24.0 Å². The van der Waals surface area contributed by atoms with Crippen LogP contribution in [0, 0.1) is 0 Å². The van der Waals surface area contributed by atoms with E-state index in [4.69, 9.17) is 16.6 Å². The normalized spacial score (nSPS) is 16.7. The Morgan fingerprint density at radius 3 is 2.74 bits per heavy atom. The molecule has 3 aromatic rings. The second-order valence-electron chi connectivity index (χ2n) is 6.85. The number of benzene rings is 1. The average molecular weight is 381 g/mol. The number of hydrogen-bond acceptors (Lipinski definition) is 3. The summed E-state index contributed by atoms with van der Waals surface area (Å²) in [6.07, 6.45) is 4.31. The number of carbonyl (C=O) groups excluding carboxylic acids is 1. The SMILES string of the molecule is Cn1nccc1C(=O)N1CCC[C@@H]1c1cccc(Cc2ccc(Cl)cc2)n1. The maximum atomic E-state index is 12.9. The standard InChI is InChI=1S/C21H21ClN4O/c1-25-20(11-12-23-25)21(27)26-13-3-6-19(26)18-5-2-4-17(24-18)14-15-7-9-16(22)10-8-15/h2,4-5,7-12,19H,3,6,13-14H2,1H3/t19-/m1/s1. The van der Waals surface area contributed by atoms with Crippen LogP contribution in [0.3, 0.4) is 0 Å². The van der Waals surface area contributed by atoms with Gasteiger partial charge in [0, 0.05) is 36.9 Å². The number of hydrogen-bond donors (Lipinski definition) is 0. The van der Waals surface area contributed by atoms with Gasteiger partial charge >= 0.3 is 0 Å². The predicted molar refractivity (Wildman–Crippen MR) is 105 cm³/mol. The molecular weight excluding hydrogens is 360 g/mol. The van der Waals surface area contributed by atoms with Gasteiger partial charge in [-0.15, -0.1) is 0 Å². The number of pyridine rings is 1. The summed E-state index contributed by atoms with van der Waals surface area (Å²) in [5, 5.41) is 4.85. The summed E-state index contributed by atoms with van der Waals surface area (Å²) in [5.74, 6) is 0.0161. The zero-order chi connectivity index (χ0) is 18.8. The van der Waals surface area contributed by atoms with Crippen molar-refractivity contribution in [3.05, 3.63) is 82.4 Å². The highest BCUT2D eigenvalue weighted by Crippen LogP contribution is 2.32. The van der Waals surface area contributed by atoms with Crippen molar-refractivity contribution in [1.82, 2.24) is 19.7 Å².